The van der Waals surface area contributed by atoms with Gasteiger partial charge in [-0.2, -0.15) is 0 Å². The molecule has 0 amide bonds. The van der Waals surface area contributed by atoms with Crippen LogP contribution in [0.1, 0.15) is 98.8 Å². The summed E-state index contributed by atoms with van der Waals surface area (Å²) in [7, 11) is 0. The minimum atomic E-state index is -1.25. The summed E-state index contributed by atoms with van der Waals surface area (Å²) < 4.78 is 20.7. The Kier molecular flexibility index (Phi) is 19.4. The first kappa shape index (κ1) is 37.6. The third-order valence-corrected chi connectivity index (χ3v) is 6.12. The first-order valence-corrected chi connectivity index (χ1v) is 15.3. The maximum atomic E-state index is 12.0. The molecule has 254 valence electrons. The van der Waals surface area contributed by atoms with Gasteiger partial charge in [0.25, 0.3) is 0 Å². The molecule has 0 fully saturated rings. The van der Waals surface area contributed by atoms with Crippen LogP contribution < -0.4 is 9.47 Å². The molecule has 0 aromatic heterocycles. The van der Waals surface area contributed by atoms with Crippen LogP contribution in [0.4, 0.5) is 9.59 Å². The molecule has 0 aliphatic rings. The molecular formula is C32H42O14. The lowest BCUT2D eigenvalue weighted by molar-refractivity contribution is -0.452. The molecule has 0 heterocycles. The molecule has 0 spiro atoms. The molecule has 2 aromatic rings. The number of carbonyl (C=O) groups excluding carboxylic acids is 4. The standard InChI is InChI=1S/C32H42O14/c1-3-5-7-9-21-37-27-17-13-25(14-18-27)29(33)41-45-43-31(35)39-23-11-12-24-40-32(36)44-46-42-30(34)26-15-19-28(20-16-26)38-22-10-8-6-4-2/h13-20H,3-12,21-24H2,1-2H3. The normalized spacial score (nSPS) is 10.4. The summed E-state index contributed by atoms with van der Waals surface area (Å²) in [5.41, 5.74) is 0.308. The zero-order chi connectivity index (χ0) is 33.2. The van der Waals surface area contributed by atoms with Gasteiger partial charge in [-0.05, 0) is 74.2 Å². The van der Waals surface area contributed by atoms with E-state index in [0.29, 0.717) is 24.7 Å². The zero-order valence-corrected chi connectivity index (χ0v) is 26.2. The molecule has 0 saturated heterocycles. The summed E-state index contributed by atoms with van der Waals surface area (Å²) >= 11 is 0. The summed E-state index contributed by atoms with van der Waals surface area (Å²) in [6.07, 6.45) is 6.71. The molecule has 0 atom stereocenters. The van der Waals surface area contributed by atoms with E-state index in [0.717, 1.165) is 51.4 Å². The van der Waals surface area contributed by atoms with Crippen molar-refractivity contribution in [1.82, 2.24) is 0 Å². The summed E-state index contributed by atoms with van der Waals surface area (Å²) in [6.45, 7) is 5.20. The largest absolute Gasteiger partial charge is 0.543 e. The summed E-state index contributed by atoms with van der Waals surface area (Å²) in [5, 5.41) is 8.34. The number of hydrogen-bond acceptors (Lipinski definition) is 14. The molecule has 2 aromatic carbocycles. The molecule has 46 heavy (non-hydrogen) atoms. The van der Waals surface area contributed by atoms with Crippen LogP contribution in [0, 0.1) is 0 Å². The van der Waals surface area contributed by atoms with Crippen molar-refractivity contribution in [3.05, 3.63) is 59.7 Å². The van der Waals surface area contributed by atoms with Gasteiger partial charge < -0.3 is 18.9 Å². The SMILES string of the molecule is CCCCCCOc1ccc(C(=O)OOOC(=O)OCCCCOC(=O)OOOC(=O)c2ccc(OCCCCCC)cc2)cc1. The van der Waals surface area contributed by atoms with E-state index in [1.807, 2.05) is 0 Å². The highest BCUT2D eigenvalue weighted by molar-refractivity contribution is 5.89. The third kappa shape index (κ3) is 17.1. The van der Waals surface area contributed by atoms with E-state index in [2.05, 4.69) is 43.5 Å². The average Bonchev–Trinajstić information content (AvgIpc) is 3.06. The Balaban J connectivity index is 1.46. The van der Waals surface area contributed by atoms with Gasteiger partial charge in [-0.15, -0.1) is 0 Å². The number of unbranched alkanes of at least 4 members (excludes halogenated alkanes) is 7. The van der Waals surface area contributed by atoms with E-state index in [1.165, 1.54) is 24.3 Å². The fraction of sp³-hybridized carbons (Fsp3) is 0.500. The van der Waals surface area contributed by atoms with Crippen LogP contribution in [0.3, 0.4) is 0 Å². The molecule has 14 nitrogen and oxygen atoms in total. The second-order valence-electron chi connectivity index (χ2n) is 9.82. The second kappa shape index (κ2) is 23.8. The van der Waals surface area contributed by atoms with E-state index in [1.54, 1.807) is 24.3 Å². The van der Waals surface area contributed by atoms with Crippen LogP contribution in [0.2, 0.25) is 0 Å². The molecule has 0 N–H and O–H groups in total. The van der Waals surface area contributed by atoms with Crippen molar-refractivity contribution in [2.75, 3.05) is 26.4 Å². The van der Waals surface area contributed by atoms with Crippen molar-refractivity contribution in [1.29, 1.82) is 0 Å². The lowest BCUT2D eigenvalue weighted by atomic mass is 10.2. The number of benzene rings is 2. The molecule has 2 rings (SSSR count). The van der Waals surface area contributed by atoms with Gasteiger partial charge in [-0.25, -0.2) is 29.0 Å². The lowest BCUT2D eigenvalue weighted by Gasteiger charge is -2.07. The molecular weight excluding hydrogens is 608 g/mol. The fourth-order valence-electron chi connectivity index (χ4n) is 3.62. The third-order valence-electron chi connectivity index (χ3n) is 6.12. The van der Waals surface area contributed by atoms with Gasteiger partial charge >= 0.3 is 24.2 Å². The molecule has 0 unspecified atom stereocenters. The highest BCUT2D eigenvalue weighted by Gasteiger charge is 2.14. The summed E-state index contributed by atoms with van der Waals surface area (Å²) in [4.78, 5) is 64.3. The first-order chi connectivity index (χ1) is 22.4. The van der Waals surface area contributed by atoms with Gasteiger partial charge in [0, 0.05) is 0 Å². The molecule has 0 aliphatic carbocycles. The monoisotopic (exact) mass is 650 g/mol. The smallest absolute Gasteiger partial charge is 0.494 e. The van der Waals surface area contributed by atoms with Gasteiger partial charge in [-0.3, -0.25) is 9.78 Å². The van der Waals surface area contributed by atoms with Gasteiger partial charge in [0.05, 0.1) is 47.6 Å². The first-order valence-electron chi connectivity index (χ1n) is 15.3. The Morgan fingerprint density at radius 3 is 1.20 bits per heavy atom. The Hall–Kier alpha value is -4.56. The highest BCUT2D eigenvalue weighted by atomic mass is 17.5. The van der Waals surface area contributed by atoms with Crippen molar-refractivity contribution in [3.63, 3.8) is 0 Å². The Bertz CT molecular complexity index is 1060. The van der Waals surface area contributed by atoms with E-state index in [-0.39, 0.29) is 37.2 Å². The minimum absolute atomic E-state index is 0.120. The van der Waals surface area contributed by atoms with E-state index in [9.17, 15) is 19.2 Å². The summed E-state index contributed by atoms with van der Waals surface area (Å²) in [5.74, 6) is -0.556. The fourth-order valence-corrected chi connectivity index (χ4v) is 3.62. The van der Waals surface area contributed by atoms with Crippen LogP contribution in [-0.2, 0) is 39.1 Å². The van der Waals surface area contributed by atoms with Crippen molar-refractivity contribution in [2.45, 2.75) is 78.1 Å². The molecule has 0 saturated carbocycles. The van der Waals surface area contributed by atoms with Gasteiger partial charge in [0.1, 0.15) is 11.5 Å². The maximum Gasteiger partial charge on any atom is 0.543 e. The van der Waals surface area contributed by atoms with Crippen molar-refractivity contribution in [3.8, 4) is 11.5 Å². The van der Waals surface area contributed by atoms with Gasteiger partial charge in [-0.1, -0.05) is 52.4 Å². The maximum absolute atomic E-state index is 12.0. The van der Waals surface area contributed by atoms with E-state index in [4.69, 9.17) is 18.9 Å². The second-order valence-corrected chi connectivity index (χ2v) is 9.82. The van der Waals surface area contributed by atoms with Crippen molar-refractivity contribution in [2.24, 2.45) is 0 Å². The van der Waals surface area contributed by atoms with Crippen molar-refractivity contribution >= 4 is 24.2 Å². The van der Waals surface area contributed by atoms with Crippen LogP contribution in [0.25, 0.3) is 0 Å². The van der Waals surface area contributed by atoms with Gasteiger partial charge in [0.2, 0.25) is 0 Å². The number of rotatable bonds is 23. The topological polar surface area (TPSA) is 161 Å². The van der Waals surface area contributed by atoms with Gasteiger partial charge in [0.15, 0.2) is 0 Å². The van der Waals surface area contributed by atoms with Crippen LogP contribution >= 0.6 is 0 Å². The van der Waals surface area contributed by atoms with Crippen LogP contribution in [-0.4, -0.2) is 50.7 Å². The van der Waals surface area contributed by atoms with Crippen molar-refractivity contribution < 1.29 is 67.8 Å². The van der Waals surface area contributed by atoms with Crippen LogP contribution in [0.5, 0.6) is 11.5 Å². The number of hydrogen-bond donors (Lipinski definition) is 0. The zero-order valence-electron chi connectivity index (χ0n) is 26.2. The Morgan fingerprint density at radius 2 is 0.826 bits per heavy atom. The molecule has 0 radical (unpaired) electrons. The number of carbonyl (C=O) groups is 4. The van der Waals surface area contributed by atoms with E-state index < -0.39 is 24.2 Å². The quantitative estimate of drug-likeness (QED) is 0.0506. The molecule has 14 heteroatoms. The predicted molar refractivity (Wildman–Crippen MR) is 159 cm³/mol. The Morgan fingerprint density at radius 1 is 0.457 bits per heavy atom. The number of ether oxygens (including phenoxy) is 4. The van der Waals surface area contributed by atoms with Crippen LogP contribution in [0.15, 0.2) is 48.5 Å². The molecule has 0 bridgehead atoms. The minimum Gasteiger partial charge on any atom is -0.494 e. The van der Waals surface area contributed by atoms with E-state index >= 15 is 0 Å². The molecule has 0 aliphatic heterocycles. The Labute approximate surface area is 267 Å². The average molecular weight is 651 g/mol. The lowest BCUT2D eigenvalue weighted by Crippen LogP contribution is -2.14. The predicted octanol–water partition coefficient (Wildman–Crippen LogP) is 7.40. The highest BCUT2D eigenvalue weighted by Crippen LogP contribution is 2.15. The summed E-state index contributed by atoms with van der Waals surface area (Å²) in [6, 6.07) is 12.4.